The molecule has 1 aromatic heterocycles. The van der Waals surface area contributed by atoms with Crippen LogP contribution in [0.5, 0.6) is 0 Å². The van der Waals surface area contributed by atoms with E-state index >= 15 is 0 Å². The van der Waals surface area contributed by atoms with E-state index in [1.807, 2.05) is 66.4 Å². The smallest absolute Gasteiger partial charge is 0.241 e. The molecular weight excluding hydrogens is 448 g/mol. The summed E-state index contributed by atoms with van der Waals surface area (Å²) in [5.74, 6) is 1.35. The molecule has 184 valence electrons. The molecule has 1 atom stereocenters. The number of aromatic nitrogens is 2. The van der Waals surface area contributed by atoms with Crippen LogP contribution in [0.2, 0.25) is 0 Å². The van der Waals surface area contributed by atoms with Crippen LogP contribution in [0.15, 0.2) is 89.5 Å². The van der Waals surface area contributed by atoms with Crippen LogP contribution in [0, 0.1) is 12.8 Å². The van der Waals surface area contributed by atoms with Gasteiger partial charge in [-0.2, -0.15) is 4.98 Å². The molecule has 1 unspecified atom stereocenters. The van der Waals surface area contributed by atoms with Crippen molar-refractivity contribution in [3.63, 3.8) is 0 Å². The Labute approximate surface area is 212 Å². The highest BCUT2D eigenvalue weighted by atomic mass is 16.5. The van der Waals surface area contributed by atoms with Gasteiger partial charge in [0.15, 0.2) is 0 Å². The third kappa shape index (κ3) is 6.07. The minimum absolute atomic E-state index is 0.0506. The summed E-state index contributed by atoms with van der Waals surface area (Å²) in [5, 5.41) is 4.18. The molecule has 2 heterocycles. The predicted molar refractivity (Wildman–Crippen MR) is 140 cm³/mol. The van der Waals surface area contributed by atoms with E-state index in [1.165, 1.54) is 0 Å². The van der Waals surface area contributed by atoms with Gasteiger partial charge in [0.05, 0.1) is 12.5 Å². The molecule has 0 spiro atoms. The van der Waals surface area contributed by atoms with Crippen LogP contribution in [0.4, 0.5) is 0 Å². The van der Waals surface area contributed by atoms with Gasteiger partial charge in [-0.1, -0.05) is 89.6 Å². The standard InChI is InChI=1S/C30H32N4O2/c1-23-10-8-15-26(18-23)29-31-28(36-32-29)22-33-17-9-16-27(21-33)30(35)34(19-24-11-4-2-5-12-24)20-25-13-6-3-7-14-25/h2-8,10-15,18,27H,9,16-17,19-22H2,1H3. The fourth-order valence-corrected chi connectivity index (χ4v) is 4.89. The number of amides is 1. The highest BCUT2D eigenvalue weighted by Crippen LogP contribution is 2.24. The van der Waals surface area contributed by atoms with Crippen LogP contribution >= 0.6 is 0 Å². The van der Waals surface area contributed by atoms with Crippen LogP contribution in [0.1, 0.15) is 35.4 Å². The first kappa shape index (κ1) is 23.9. The number of aryl methyl sites for hydroxylation is 1. The zero-order valence-electron chi connectivity index (χ0n) is 20.7. The van der Waals surface area contributed by atoms with Crippen LogP contribution in [0.25, 0.3) is 11.4 Å². The van der Waals surface area contributed by atoms with Crippen LogP contribution in [-0.4, -0.2) is 38.9 Å². The molecule has 4 aromatic rings. The van der Waals surface area contributed by atoms with E-state index in [0.29, 0.717) is 37.9 Å². The lowest BCUT2D eigenvalue weighted by Gasteiger charge is -2.34. The first-order valence-corrected chi connectivity index (χ1v) is 12.6. The summed E-state index contributed by atoms with van der Waals surface area (Å²) in [7, 11) is 0. The van der Waals surface area contributed by atoms with Crippen molar-refractivity contribution in [2.24, 2.45) is 5.92 Å². The molecule has 0 aliphatic carbocycles. The fraction of sp³-hybridized carbons (Fsp3) is 0.300. The van der Waals surface area contributed by atoms with Gasteiger partial charge in [0.2, 0.25) is 17.6 Å². The SMILES string of the molecule is Cc1cccc(-c2noc(CN3CCCC(C(=O)N(Cc4ccccc4)Cc4ccccc4)C3)n2)c1. The van der Waals surface area contributed by atoms with Crippen molar-refractivity contribution >= 4 is 5.91 Å². The summed E-state index contributed by atoms with van der Waals surface area (Å²) in [6.07, 6.45) is 1.87. The Morgan fingerprint density at radius 1 is 0.972 bits per heavy atom. The first-order chi connectivity index (χ1) is 17.6. The molecule has 1 aliphatic heterocycles. The summed E-state index contributed by atoms with van der Waals surface area (Å²) in [5.41, 5.74) is 4.40. The van der Waals surface area contributed by atoms with E-state index in [2.05, 4.69) is 45.4 Å². The third-order valence-corrected chi connectivity index (χ3v) is 6.70. The van der Waals surface area contributed by atoms with Crippen molar-refractivity contribution in [2.45, 2.75) is 39.4 Å². The summed E-state index contributed by atoms with van der Waals surface area (Å²) in [4.78, 5) is 22.7. The van der Waals surface area contributed by atoms with E-state index < -0.39 is 0 Å². The molecule has 1 amide bonds. The van der Waals surface area contributed by atoms with Gasteiger partial charge in [-0.3, -0.25) is 9.69 Å². The van der Waals surface area contributed by atoms with Gasteiger partial charge < -0.3 is 9.42 Å². The third-order valence-electron chi connectivity index (χ3n) is 6.70. The van der Waals surface area contributed by atoms with Gasteiger partial charge in [0.1, 0.15) is 0 Å². The molecular formula is C30H32N4O2. The molecule has 36 heavy (non-hydrogen) atoms. The maximum absolute atomic E-state index is 13.8. The molecule has 3 aromatic carbocycles. The topological polar surface area (TPSA) is 62.5 Å². The van der Waals surface area contributed by atoms with Crippen molar-refractivity contribution in [1.82, 2.24) is 19.9 Å². The molecule has 1 fully saturated rings. The quantitative estimate of drug-likeness (QED) is 0.334. The van der Waals surface area contributed by atoms with Gasteiger partial charge >= 0.3 is 0 Å². The number of hydrogen-bond acceptors (Lipinski definition) is 5. The van der Waals surface area contributed by atoms with Crippen molar-refractivity contribution in [3.05, 3.63) is 108 Å². The first-order valence-electron chi connectivity index (χ1n) is 12.6. The molecule has 1 aliphatic rings. The lowest BCUT2D eigenvalue weighted by molar-refractivity contribution is -0.138. The summed E-state index contributed by atoms with van der Waals surface area (Å²) in [6, 6.07) is 28.5. The van der Waals surface area contributed by atoms with Crippen LogP contribution < -0.4 is 0 Å². The molecule has 6 heteroatoms. The average Bonchev–Trinajstić information content (AvgIpc) is 3.38. The number of carbonyl (C=O) groups excluding carboxylic acids is 1. The molecule has 0 N–H and O–H groups in total. The minimum Gasteiger partial charge on any atom is -0.338 e. The summed E-state index contributed by atoms with van der Waals surface area (Å²) < 4.78 is 5.56. The lowest BCUT2D eigenvalue weighted by Crippen LogP contribution is -2.44. The molecule has 5 rings (SSSR count). The Hall–Kier alpha value is -3.77. The van der Waals surface area contributed by atoms with E-state index in [9.17, 15) is 4.79 Å². The number of carbonyl (C=O) groups is 1. The Morgan fingerprint density at radius 3 is 2.33 bits per heavy atom. The van der Waals surface area contributed by atoms with Crippen molar-refractivity contribution in [1.29, 1.82) is 0 Å². The normalized spacial score (nSPS) is 16.1. The number of piperidine rings is 1. The largest absolute Gasteiger partial charge is 0.338 e. The molecule has 6 nitrogen and oxygen atoms in total. The number of likely N-dealkylation sites (tertiary alicyclic amines) is 1. The highest BCUT2D eigenvalue weighted by molar-refractivity contribution is 5.79. The minimum atomic E-state index is -0.0506. The number of hydrogen-bond donors (Lipinski definition) is 0. The van der Waals surface area contributed by atoms with E-state index in [4.69, 9.17) is 4.52 Å². The highest BCUT2D eigenvalue weighted by Gasteiger charge is 2.30. The zero-order chi connectivity index (χ0) is 24.7. The zero-order valence-corrected chi connectivity index (χ0v) is 20.7. The number of rotatable bonds is 8. The van der Waals surface area contributed by atoms with Crippen molar-refractivity contribution in [3.8, 4) is 11.4 Å². The van der Waals surface area contributed by atoms with Crippen molar-refractivity contribution in [2.75, 3.05) is 13.1 Å². The Bertz CT molecular complexity index is 1230. The maximum Gasteiger partial charge on any atom is 0.241 e. The van der Waals surface area contributed by atoms with Crippen LogP contribution in [-0.2, 0) is 24.4 Å². The lowest BCUT2D eigenvalue weighted by atomic mass is 9.96. The van der Waals surface area contributed by atoms with Gasteiger partial charge in [-0.25, -0.2) is 0 Å². The second kappa shape index (κ2) is 11.3. The molecule has 1 saturated heterocycles. The Morgan fingerprint density at radius 2 is 1.67 bits per heavy atom. The molecule has 0 saturated carbocycles. The second-order valence-corrected chi connectivity index (χ2v) is 9.62. The molecule has 0 radical (unpaired) electrons. The fourth-order valence-electron chi connectivity index (χ4n) is 4.89. The summed E-state index contributed by atoms with van der Waals surface area (Å²) >= 11 is 0. The van der Waals surface area contributed by atoms with E-state index in [1.54, 1.807) is 0 Å². The second-order valence-electron chi connectivity index (χ2n) is 9.62. The monoisotopic (exact) mass is 480 g/mol. The molecule has 0 bridgehead atoms. The van der Waals surface area contributed by atoms with Gasteiger partial charge in [0, 0.05) is 25.2 Å². The maximum atomic E-state index is 13.8. The van der Waals surface area contributed by atoms with Gasteiger partial charge in [0.25, 0.3) is 0 Å². The predicted octanol–water partition coefficient (Wildman–Crippen LogP) is 5.49. The van der Waals surface area contributed by atoms with E-state index in [0.717, 1.165) is 41.6 Å². The average molecular weight is 481 g/mol. The summed E-state index contributed by atoms with van der Waals surface area (Å²) in [6.45, 7) is 5.43. The van der Waals surface area contributed by atoms with Gasteiger partial charge in [-0.15, -0.1) is 0 Å². The number of nitrogens with zero attached hydrogens (tertiary/aromatic N) is 4. The Balaban J connectivity index is 1.26. The Kier molecular flexibility index (Phi) is 7.52. The van der Waals surface area contributed by atoms with Crippen molar-refractivity contribution < 1.29 is 9.32 Å². The van der Waals surface area contributed by atoms with Crippen LogP contribution in [0.3, 0.4) is 0 Å². The van der Waals surface area contributed by atoms with E-state index in [-0.39, 0.29) is 11.8 Å². The van der Waals surface area contributed by atoms with Gasteiger partial charge in [-0.05, 0) is 43.5 Å². The number of benzene rings is 3.